The van der Waals surface area contributed by atoms with Gasteiger partial charge in [0.25, 0.3) is 0 Å². The maximum absolute atomic E-state index is 11.7. The molecule has 2 rings (SSSR count). The summed E-state index contributed by atoms with van der Waals surface area (Å²) in [5, 5.41) is 0. The number of nitrogens with zero attached hydrogens (tertiary/aromatic N) is 1. The molecule has 3 heteroatoms. The zero-order chi connectivity index (χ0) is 10.1. The molecule has 0 aromatic rings. The van der Waals surface area contributed by atoms with E-state index in [-0.39, 0.29) is 6.04 Å². The van der Waals surface area contributed by atoms with E-state index in [1.807, 2.05) is 4.90 Å². The van der Waals surface area contributed by atoms with Gasteiger partial charge in [-0.2, -0.15) is 0 Å². The van der Waals surface area contributed by atoms with Crippen molar-refractivity contribution in [2.45, 2.75) is 38.6 Å². The first-order valence-electron chi connectivity index (χ1n) is 5.73. The molecule has 0 bridgehead atoms. The van der Waals surface area contributed by atoms with Gasteiger partial charge in [-0.1, -0.05) is 0 Å². The van der Waals surface area contributed by atoms with Gasteiger partial charge in [0.1, 0.15) is 0 Å². The van der Waals surface area contributed by atoms with Crippen molar-refractivity contribution in [3.63, 3.8) is 0 Å². The van der Waals surface area contributed by atoms with Gasteiger partial charge in [0.2, 0.25) is 5.91 Å². The molecule has 2 fully saturated rings. The summed E-state index contributed by atoms with van der Waals surface area (Å²) in [4.78, 5) is 13.8. The van der Waals surface area contributed by atoms with Gasteiger partial charge in [-0.3, -0.25) is 4.79 Å². The van der Waals surface area contributed by atoms with Crippen molar-refractivity contribution in [1.82, 2.24) is 4.90 Å². The van der Waals surface area contributed by atoms with Crippen molar-refractivity contribution in [2.24, 2.45) is 17.6 Å². The fourth-order valence-electron chi connectivity index (χ4n) is 2.23. The van der Waals surface area contributed by atoms with E-state index in [1.54, 1.807) is 0 Å². The zero-order valence-corrected chi connectivity index (χ0v) is 8.91. The van der Waals surface area contributed by atoms with Crippen LogP contribution in [0.2, 0.25) is 0 Å². The van der Waals surface area contributed by atoms with Crippen LogP contribution in [0.15, 0.2) is 0 Å². The number of piperidine rings is 1. The van der Waals surface area contributed by atoms with E-state index < -0.39 is 0 Å². The lowest BCUT2D eigenvalue weighted by Crippen LogP contribution is -2.43. The number of hydrogen-bond donors (Lipinski definition) is 1. The lowest BCUT2D eigenvalue weighted by Gasteiger charge is -2.33. The molecule has 2 aliphatic rings. The Morgan fingerprint density at radius 2 is 1.86 bits per heavy atom. The molecule has 3 nitrogen and oxygen atoms in total. The van der Waals surface area contributed by atoms with Crippen LogP contribution in [0.5, 0.6) is 0 Å². The highest BCUT2D eigenvalue weighted by Crippen LogP contribution is 2.32. The van der Waals surface area contributed by atoms with Crippen molar-refractivity contribution in [1.29, 1.82) is 0 Å². The highest BCUT2D eigenvalue weighted by atomic mass is 16.2. The molecule has 1 aliphatic carbocycles. The van der Waals surface area contributed by atoms with E-state index in [0.717, 1.165) is 38.8 Å². The number of carbonyl (C=O) groups is 1. The lowest BCUT2D eigenvalue weighted by atomic mass is 9.91. The molecule has 1 saturated heterocycles. The van der Waals surface area contributed by atoms with Gasteiger partial charge in [0, 0.05) is 25.0 Å². The summed E-state index contributed by atoms with van der Waals surface area (Å²) in [6.45, 7) is 3.94. The van der Waals surface area contributed by atoms with Crippen molar-refractivity contribution < 1.29 is 4.79 Å². The van der Waals surface area contributed by atoms with Crippen LogP contribution >= 0.6 is 0 Å². The number of nitrogens with two attached hydrogens (primary N) is 1. The largest absolute Gasteiger partial charge is 0.342 e. The van der Waals surface area contributed by atoms with Crippen LogP contribution in [-0.2, 0) is 4.79 Å². The molecule has 0 spiro atoms. The molecule has 1 amide bonds. The Kier molecular flexibility index (Phi) is 2.77. The van der Waals surface area contributed by atoms with Crippen LogP contribution in [0, 0.1) is 11.8 Å². The molecule has 1 saturated carbocycles. The molecule has 0 radical (unpaired) electrons. The SMILES string of the molecule is CC(N)C1CCN(C(=O)C2CC2)CC1. The molecule has 0 aromatic carbocycles. The first kappa shape index (κ1) is 9.97. The Hall–Kier alpha value is -0.570. The number of likely N-dealkylation sites (tertiary alicyclic amines) is 1. The van der Waals surface area contributed by atoms with Gasteiger partial charge in [-0.25, -0.2) is 0 Å². The summed E-state index contributed by atoms with van der Waals surface area (Å²) >= 11 is 0. The van der Waals surface area contributed by atoms with Gasteiger partial charge in [-0.05, 0) is 38.5 Å². The summed E-state index contributed by atoms with van der Waals surface area (Å²) in [5.41, 5.74) is 5.86. The Labute approximate surface area is 85.6 Å². The number of carbonyl (C=O) groups excluding carboxylic acids is 1. The normalized spacial score (nSPS) is 26.3. The lowest BCUT2D eigenvalue weighted by molar-refractivity contribution is -0.134. The molecule has 2 N–H and O–H groups in total. The second-order valence-corrected chi connectivity index (χ2v) is 4.80. The maximum atomic E-state index is 11.7. The molecule has 0 aromatic heterocycles. The number of hydrogen-bond acceptors (Lipinski definition) is 2. The third kappa shape index (κ3) is 2.08. The summed E-state index contributed by atoms with van der Waals surface area (Å²) in [6, 6.07) is 0.285. The summed E-state index contributed by atoms with van der Waals surface area (Å²) in [7, 11) is 0. The minimum absolute atomic E-state index is 0.285. The van der Waals surface area contributed by atoms with Gasteiger partial charge in [-0.15, -0.1) is 0 Å². The van der Waals surface area contributed by atoms with Crippen molar-refractivity contribution in [3.8, 4) is 0 Å². The fourth-order valence-corrected chi connectivity index (χ4v) is 2.23. The first-order chi connectivity index (χ1) is 6.68. The van der Waals surface area contributed by atoms with E-state index >= 15 is 0 Å². The second kappa shape index (κ2) is 3.89. The Balaban J connectivity index is 1.80. The maximum Gasteiger partial charge on any atom is 0.225 e. The van der Waals surface area contributed by atoms with Gasteiger partial charge in [0.05, 0.1) is 0 Å². The van der Waals surface area contributed by atoms with Crippen LogP contribution in [0.4, 0.5) is 0 Å². The number of rotatable bonds is 2. The van der Waals surface area contributed by atoms with Crippen molar-refractivity contribution in [3.05, 3.63) is 0 Å². The average molecular weight is 196 g/mol. The van der Waals surface area contributed by atoms with E-state index in [0.29, 0.717) is 17.7 Å². The summed E-state index contributed by atoms with van der Waals surface area (Å²) < 4.78 is 0. The molecule has 1 atom stereocenters. The van der Waals surface area contributed by atoms with E-state index in [2.05, 4.69) is 6.92 Å². The monoisotopic (exact) mass is 196 g/mol. The molecule has 1 unspecified atom stereocenters. The van der Waals surface area contributed by atoms with Crippen LogP contribution in [0.25, 0.3) is 0 Å². The third-order valence-electron chi connectivity index (χ3n) is 3.52. The van der Waals surface area contributed by atoms with Crippen LogP contribution in [0.1, 0.15) is 32.6 Å². The minimum Gasteiger partial charge on any atom is -0.342 e. The highest BCUT2D eigenvalue weighted by molar-refractivity contribution is 5.81. The summed E-state index contributed by atoms with van der Waals surface area (Å²) in [5.74, 6) is 1.40. The molecular formula is C11H20N2O. The fraction of sp³-hybridized carbons (Fsp3) is 0.909. The quantitative estimate of drug-likeness (QED) is 0.715. The summed E-state index contributed by atoms with van der Waals surface area (Å²) in [6.07, 6.45) is 4.42. The minimum atomic E-state index is 0.285. The molecule has 80 valence electrons. The third-order valence-corrected chi connectivity index (χ3v) is 3.52. The van der Waals surface area contributed by atoms with Crippen LogP contribution in [-0.4, -0.2) is 29.9 Å². The zero-order valence-electron chi connectivity index (χ0n) is 8.91. The second-order valence-electron chi connectivity index (χ2n) is 4.80. The standard InChI is InChI=1S/C11H20N2O/c1-8(12)9-4-6-13(7-5-9)11(14)10-2-3-10/h8-10H,2-7,12H2,1H3. The highest BCUT2D eigenvalue weighted by Gasteiger charge is 2.35. The predicted octanol–water partition coefficient (Wildman–Crippen LogP) is 0.982. The van der Waals surface area contributed by atoms with E-state index in [9.17, 15) is 4.79 Å². The molecule has 1 heterocycles. The molecular weight excluding hydrogens is 176 g/mol. The first-order valence-corrected chi connectivity index (χ1v) is 5.73. The molecule has 1 aliphatic heterocycles. The van der Waals surface area contributed by atoms with Crippen molar-refractivity contribution in [2.75, 3.05) is 13.1 Å². The number of amides is 1. The van der Waals surface area contributed by atoms with Crippen LogP contribution in [0.3, 0.4) is 0 Å². The Morgan fingerprint density at radius 3 is 2.29 bits per heavy atom. The topological polar surface area (TPSA) is 46.3 Å². The van der Waals surface area contributed by atoms with Gasteiger partial charge < -0.3 is 10.6 Å². The predicted molar refractivity (Wildman–Crippen MR) is 55.7 cm³/mol. The molecule has 14 heavy (non-hydrogen) atoms. The van der Waals surface area contributed by atoms with E-state index in [1.165, 1.54) is 0 Å². The van der Waals surface area contributed by atoms with Gasteiger partial charge in [0.15, 0.2) is 0 Å². The van der Waals surface area contributed by atoms with E-state index in [4.69, 9.17) is 5.73 Å². The average Bonchev–Trinajstić information content (AvgIpc) is 3.00. The Morgan fingerprint density at radius 1 is 1.29 bits per heavy atom. The smallest absolute Gasteiger partial charge is 0.225 e. The van der Waals surface area contributed by atoms with Crippen LogP contribution < -0.4 is 5.73 Å². The Bertz CT molecular complexity index is 215. The van der Waals surface area contributed by atoms with Crippen molar-refractivity contribution >= 4 is 5.91 Å². The van der Waals surface area contributed by atoms with Gasteiger partial charge >= 0.3 is 0 Å².